The molecule has 2 aromatic carbocycles. The fraction of sp³-hybridized carbons (Fsp3) is 0.235. The second-order valence-corrected chi connectivity index (χ2v) is 9.19. The maximum atomic E-state index is 6.01. The molecule has 3 rings (SSSR count). The molecule has 1 fully saturated rings. The third kappa shape index (κ3) is 2.64. The van der Waals surface area contributed by atoms with Crippen molar-refractivity contribution in [1.82, 2.24) is 0 Å². The smallest absolute Gasteiger partial charge is 0.369 e. The Bertz CT molecular complexity index is 484. The van der Waals surface area contributed by atoms with Crippen LogP contribution in [0.3, 0.4) is 0 Å². The van der Waals surface area contributed by atoms with Crippen LogP contribution in [0.1, 0.15) is 12.8 Å². The molecule has 0 aromatic heterocycles. The minimum Gasteiger partial charge on any atom is -1.00 e. The van der Waals surface area contributed by atoms with E-state index in [2.05, 4.69) is 67.2 Å². The summed E-state index contributed by atoms with van der Waals surface area (Å²) < 4.78 is 6.01. The summed E-state index contributed by atoms with van der Waals surface area (Å²) in [4.78, 5) is 0. The Balaban J connectivity index is 0.00000147. The SMILES string of the molecule is C[Si](c1ccccc1)(c1ccccc1)[C+]1CCCO1.[Cl-]. The molecule has 0 unspecified atom stereocenters. The second kappa shape index (κ2) is 6.49. The van der Waals surface area contributed by atoms with Crippen LogP contribution >= 0.6 is 0 Å². The minimum absolute atomic E-state index is 0. The highest BCUT2D eigenvalue weighted by molar-refractivity contribution is 7.05. The highest BCUT2D eigenvalue weighted by Gasteiger charge is 2.55. The van der Waals surface area contributed by atoms with E-state index in [0.717, 1.165) is 19.4 Å². The Labute approximate surface area is 128 Å². The van der Waals surface area contributed by atoms with Gasteiger partial charge in [0, 0.05) is 6.42 Å². The summed E-state index contributed by atoms with van der Waals surface area (Å²) in [7, 11) is -1.87. The van der Waals surface area contributed by atoms with Crippen molar-refractivity contribution >= 4 is 18.4 Å². The van der Waals surface area contributed by atoms with Crippen molar-refractivity contribution in [2.45, 2.75) is 19.4 Å². The molecule has 0 aliphatic carbocycles. The van der Waals surface area contributed by atoms with Crippen molar-refractivity contribution in [3.05, 3.63) is 66.4 Å². The van der Waals surface area contributed by atoms with Gasteiger partial charge in [-0.1, -0.05) is 60.7 Å². The first kappa shape index (κ1) is 15.2. The molecule has 0 N–H and O–H groups in total. The van der Waals surface area contributed by atoms with E-state index in [1.54, 1.807) is 0 Å². The first-order valence-electron chi connectivity index (χ1n) is 6.92. The van der Waals surface area contributed by atoms with Gasteiger partial charge >= 0.3 is 8.07 Å². The van der Waals surface area contributed by atoms with Gasteiger partial charge in [0.05, 0.1) is 0 Å². The normalized spacial score (nSPS) is 14.9. The topological polar surface area (TPSA) is 9.23 Å². The van der Waals surface area contributed by atoms with Crippen LogP contribution in [0.2, 0.25) is 6.55 Å². The van der Waals surface area contributed by atoms with Crippen molar-refractivity contribution in [3.63, 3.8) is 0 Å². The van der Waals surface area contributed by atoms with E-state index in [9.17, 15) is 0 Å². The molecular formula is C17H19ClOSi. The highest BCUT2D eigenvalue weighted by atomic mass is 35.5. The summed E-state index contributed by atoms with van der Waals surface area (Å²) >= 11 is 0. The van der Waals surface area contributed by atoms with Crippen LogP contribution in [-0.4, -0.2) is 14.7 Å². The van der Waals surface area contributed by atoms with Crippen molar-refractivity contribution < 1.29 is 17.1 Å². The third-order valence-electron chi connectivity index (χ3n) is 4.08. The molecule has 104 valence electrons. The molecule has 0 amide bonds. The van der Waals surface area contributed by atoms with E-state index < -0.39 is 8.07 Å². The third-order valence-corrected chi connectivity index (χ3v) is 8.57. The standard InChI is InChI=1S/C17H19OSi.ClH/c1-19(17-13-8-14-18-17,15-9-4-2-5-10-15)16-11-6-3-7-12-16;/h2-7,9-12H,8,13-14H2,1H3;1H/q+1;/p-1. The van der Waals surface area contributed by atoms with Crippen LogP contribution in [0.15, 0.2) is 60.7 Å². The Morgan fingerprint density at radius 1 is 0.900 bits per heavy atom. The largest absolute Gasteiger partial charge is 1.00 e. The van der Waals surface area contributed by atoms with Gasteiger partial charge in [-0.2, -0.15) is 0 Å². The van der Waals surface area contributed by atoms with Crippen molar-refractivity contribution in [1.29, 1.82) is 0 Å². The maximum Gasteiger partial charge on any atom is 0.369 e. The predicted molar refractivity (Wildman–Crippen MR) is 82.2 cm³/mol. The Morgan fingerprint density at radius 2 is 1.40 bits per heavy atom. The Kier molecular flexibility index (Phi) is 4.92. The van der Waals surface area contributed by atoms with Gasteiger partial charge in [-0.3, -0.25) is 0 Å². The summed E-state index contributed by atoms with van der Waals surface area (Å²) in [6.45, 7) is 3.30. The van der Waals surface area contributed by atoms with E-state index in [0.29, 0.717) is 0 Å². The summed E-state index contributed by atoms with van der Waals surface area (Å²) in [5, 5.41) is 2.89. The molecule has 0 spiro atoms. The molecule has 1 aliphatic heterocycles. The van der Waals surface area contributed by atoms with E-state index in [-0.39, 0.29) is 12.4 Å². The van der Waals surface area contributed by atoms with Gasteiger partial charge in [0.2, 0.25) is 0 Å². The van der Waals surface area contributed by atoms with Crippen LogP contribution in [0.25, 0.3) is 0 Å². The molecule has 2 aromatic rings. The molecule has 20 heavy (non-hydrogen) atoms. The predicted octanol–water partition coefficient (Wildman–Crippen LogP) is -0.235. The molecule has 1 heterocycles. The molecule has 1 aliphatic rings. The number of halogens is 1. The monoisotopic (exact) mass is 302 g/mol. The van der Waals surface area contributed by atoms with Gasteiger partial charge in [-0.05, 0) is 16.9 Å². The van der Waals surface area contributed by atoms with Gasteiger partial charge in [-0.15, -0.1) is 0 Å². The van der Waals surface area contributed by atoms with Crippen LogP contribution in [0.5, 0.6) is 0 Å². The number of hydrogen-bond acceptors (Lipinski definition) is 1. The number of benzene rings is 2. The molecule has 1 saturated heterocycles. The molecule has 0 bridgehead atoms. The van der Waals surface area contributed by atoms with Gasteiger partial charge in [0.25, 0.3) is 0 Å². The van der Waals surface area contributed by atoms with E-state index in [4.69, 9.17) is 4.74 Å². The van der Waals surface area contributed by atoms with Crippen molar-refractivity contribution in [3.8, 4) is 0 Å². The molecule has 0 atom stereocenters. The van der Waals surface area contributed by atoms with Crippen LogP contribution in [-0.2, 0) is 4.74 Å². The minimum atomic E-state index is -1.87. The Morgan fingerprint density at radius 3 is 1.80 bits per heavy atom. The molecule has 0 radical (unpaired) electrons. The summed E-state index contributed by atoms with van der Waals surface area (Å²) in [6.07, 6.45) is 2.28. The average Bonchev–Trinajstić information content (AvgIpc) is 3.03. The summed E-state index contributed by atoms with van der Waals surface area (Å²) in [5.41, 5.74) is 1.34. The molecular weight excluding hydrogens is 284 g/mol. The first-order valence-corrected chi connectivity index (χ1v) is 9.42. The molecule has 3 heteroatoms. The van der Waals surface area contributed by atoms with Gasteiger partial charge in [0.1, 0.15) is 13.0 Å². The lowest BCUT2D eigenvalue weighted by Crippen LogP contribution is -3.00. The highest BCUT2D eigenvalue weighted by Crippen LogP contribution is 2.29. The summed E-state index contributed by atoms with van der Waals surface area (Å²) in [5.74, 6) is 0. The molecule has 0 saturated carbocycles. The quantitative estimate of drug-likeness (QED) is 0.562. The number of hydrogen-bond donors (Lipinski definition) is 0. The lowest BCUT2D eigenvalue weighted by atomic mass is 10.4. The summed E-state index contributed by atoms with van der Waals surface area (Å²) in [6, 6.07) is 21.8. The number of ether oxygens (including phenoxy) is 1. The first-order chi connectivity index (χ1) is 9.32. The van der Waals surface area contributed by atoms with Crippen LogP contribution < -0.4 is 22.8 Å². The van der Waals surface area contributed by atoms with Crippen LogP contribution in [0.4, 0.5) is 0 Å². The van der Waals surface area contributed by atoms with Gasteiger partial charge in [0.15, 0.2) is 5.73 Å². The lowest BCUT2D eigenvalue weighted by molar-refractivity contribution is -0.00000438. The van der Waals surface area contributed by atoms with E-state index in [1.165, 1.54) is 16.1 Å². The zero-order valence-electron chi connectivity index (χ0n) is 11.7. The van der Waals surface area contributed by atoms with Crippen molar-refractivity contribution in [2.75, 3.05) is 6.61 Å². The maximum absolute atomic E-state index is 6.01. The second-order valence-electron chi connectivity index (χ2n) is 5.23. The van der Waals surface area contributed by atoms with Gasteiger partial charge in [-0.25, -0.2) is 4.74 Å². The zero-order valence-corrected chi connectivity index (χ0v) is 13.4. The van der Waals surface area contributed by atoms with E-state index in [1.807, 2.05) is 0 Å². The fourth-order valence-corrected chi connectivity index (χ4v) is 6.69. The number of rotatable bonds is 3. The van der Waals surface area contributed by atoms with Gasteiger partial charge < -0.3 is 12.4 Å². The fourth-order valence-electron chi connectivity index (χ4n) is 2.93. The zero-order chi connectivity index (χ0) is 13.1. The average molecular weight is 303 g/mol. The van der Waals surface area contributed by atoms with E-state index >= 15 is 0 Å². The molecule has 1 nitrogen and oxygen atoms in total. The van der Waals surface area contributed by atoms with Crippen molar-refractivity contribution in [2.24, 2.45) is 0 Å². The lowest BCUT2D eigenvalue weighted by Gasteiger charge is -2.22. The van der Waals surface area contributed by atoms with Crippen LogP contribution in [0, 0.1) is 5.73 Å². The Hall–Kier alpha value is -1.22.